The van der Waals surface area contributed by atoms with Crippen molar-refractivity contribution in [3.63, 3.8) is 0 Å². The normalized spacial score (nSPS) is 11.5. The molecule has 0 aliphatic heterocycles. The minimum atomic E-state index is -3.44. The van der Waals surface area contributed by atoms with E-state index < -0.39 is 10.0 Å². The highest BCUT2D eigenvalue weighted by molar-refractivity contribution is 7.92. The number of carbonyl (C=O) groups is 1. The van der Waals surface area contributed by atoms with Crippen LogP contribution in [0.3, 0.4) is 0 Å². The Morgan fingerprint density at radius 3 is 2.08 bits per heavy atom. The number of carbonyl (C=O) groups excluding carboxylic acids is 1. The van der Waals surface area contributed by atoms with Gasteiger partial charge in [-0.3, -0.25) is 9.10 Å². The Labute approximate surface area is 156 Å². The van der Waals surface area contributed by atoms with Gasteiger partial charge in [0.25, 0.3) is 0 Å². The molecule has 2 aromatic carbocycles. The molecule has 0 aliphatic carbocycles. The molecule has 0 N–H and O–H groups in total. The molecule has 0 unspecified atom stereocenters. The first-order valence-electron chi connectivity index (χ1n) is 8.76. The van der Waals surface area contributed by atoms with Crippen molar-refractivity contribution < 1.29 is 13.2 Å². The van der Waals surface area contributed by atoms with Crippen LogP contribution in [0.5, 0.6) is 0 Å². The number of hydrogen-bond donors (Lipinski definition) is 0. The topological polar surface area (TPSA) is 57.7 Å². The largest absolute Gasteiger partial charge is 0.302 e. The lowest BCUT2D eigenvalue weighted by atomic mass is 10.0. The van der Waals surface area contributed by atoms with Crippen LogP contribution in [-0.4, -0.2) is 51.5 Å². The van der Waals surface area contributed by atoms with Crippen molar-refractivity contribution in [2.45, 2.75) is 13.8 Å². The molecule has 5 nitrogen and oxygen atoms in total. The summed E-state index contributed by atoms with van der Waals surface area (Å²) in [6.45, 7) is 6.81. The lowest BCUT2D eigenvalue weighted by Gasteiger charge is -2.26. The molecule has 0 amide bonds. The van der Waals surface area contributed by atoms with E-state index in [0.29, 0.717) is 29.9 Å². The number of ketones is 1. The van der Waals surface area contributed by atoms with Crippen molar-refractivity contribution in [1.82, 2.24) is 4.90 Å². The number of sulfonamides is 1. The summed E-state index contributed by atoms with van der Waals surface area (Å²) in [6.07, 6.45) is 1.20. The number of hydrogen-bond acceptors (Lipinski definition) is 4. The predicted octanol–water partition coefficient (Wildman–Crippen LogP) is 3.03. The van der Waals surface area contributed by atoms with Crippen molar-refractivity contribution in [2.75, 3.05) is 36.7 Å². The van der Waals surface area contributed by atoms with E-state index in [0.717, 1.165) is 13.1 Å². The first kappa shape index (κ1) is 20.1. The quantitative estimate of drug-likeness (QED) is 0.633. The number of anilines is 1. The molecule has 140 valence electrons. The fraction of sp³-hybridized carbons (Fsp3) is 0.350. The van der Waals surface area contributed by atoms with E-state index in [1.165, 1.54) is 10.6 Å². The van der Waals surface area contributed by atoms with Gasteiger partial charge in [-0.25, -0.2) is 8.42 Å². The van der Waals surface area contributed by atoms with E-state index in [-0.39, 0.29) is 5.78 Å². The van der Waals surface area contributed by atoms with Crippen LogP contribution in [-0.2, 0) is 10.0 Å². The van der Waals surface area contributed by atoms with Gasteiger partial charge in [0.05, 0.1) is 11.9 Å². The molecule has 0 aliphatic rings. The molecule has 0 saturated carbocycles. The fourth-order valence-electron chi connectivity index (χ4n) is 2.82. The molecule has 0 aromatic heterocycles. The van der Waals surface area contributed by atoms with Crippen molar-refractivity contribution in [3.05, 3.63) is 65.7 Å². The smallest absolute Gasteiger partial charge is 0.232 e. The lowest BCUT2D eigenvalue weighted by molar-refractivity contribution is 0.103. The van der Waals surface area contributed by atoms with Gasteiger partial charge in [0, 0.05) is 24.2 Å². The van der Waals surface area contributed by atoms with Gasteiger partial charge in [0.1, 0.15) is 0 Å². The Morgan fingerprint density at radius 1 is 0.885 bits per heavy atom. The maximum atomic E-state index is 12.7. The van der Waals surface area contributed by atoms with Gasteiger partial charge in [-0.15, -0.1) is 0 Å². The van der Waals surface area contributed by atoms with E-state index in [1.54, 1.807) is 36.4 Å². The van der Waals surface area contributed by atoms with Gasteiger partial charge in [-0.1, -0.05) is 56.3 Å². The Balaban J connectivity index is 2.30. The third-order valence-corrected chi connectivity index (χ3v) is 5.54. The maximum Gasteiger partial charge on any atom is 0.232 e. The average Bonchev–Trinajstić information content (AvgIpc) is 2.64. The minimum absolute atomic E-state index is 0.121. The van der Waals surface area contributed by atoms with E-state index in [2.05, 4.69) is 4.90 Å². The monoisotopic (exact) mass is 374 g/mol. The third kappa shape index (κ3) is 5.16. The minimum Gasteiger partial charge on any atom is -0.302 e. The first-order valence-corrected chi connectivity index (χ1v) is 10.6. The van der Waals surface area contributed by atoms with E-state index in [9.17, 15) is 13.2 Å². The van der Waals surface area contributed by atoms with Crippen LogP contribution in [0.4, 0.5) is 5.69 Å². The molecule has 0 radical (unpaired) electrons. The zero-order valence-electron chi connectivity index (χ0n) is 15.6. The second kappa shape index (κ2) is 8.96. The van der Waals surface area contributed by atoms with Crippen molar-refractivity contribution in [3.8, 4) is 0 Å². The standard InChI is InChI=1S/C20H26N2O3S/c1-4-21(5-2)14-15-22(26(3,24)25)19-13-9-12-18(16-19)20(23)17-10-7-6-8-11-17/h6-13,16H,4-5,14-15H2,1-3H3. The van der Waals surface area contributed by atoms with Crippen molar-refractivity contribution in [2.24, 2.45) is 0 Å². The zero-order valence-corrected chi connectivity index (χ0v) is 16.4. The molecule has 2 aromatic rings. The summed E-state index contributed by atoms with van der Waals surface area (Å²) >= 11 is 0. The highest BCUT2D eigenvalue weighted by atomic mass is 32.2. The molecular formula is C20H26N2O3S. The molecule has 0 atom stereocenters. The molecule has 2 rings (SSSR count). The van der Waals surface area contributed by atoms with E-state index in [1.807, 2.05) is 32.0 Å². The Morgan fingerprint density at radius 2 is 1.50 bits per heavy atom. The lowest BCUT2D eigenvalue weighted by Crippen LogP contribution is -2.38. The van der Waals surface area contributed by atoms with E-state index in [4.69, 9.17) is 0 Å². The second-order valence-corrected chi connectivity index (χ2v) is 8.01. The molecule has 6 heteroatoms. The Kier molecular flexibility index (Phi) is 6.94. The average molecular weight is 375 g/mol. The van der Waals surface area contributed by atoms with E-state index >= 15 is 0 Å². The van der Waals surface area contributed by atoms with Crippen LogP contribution >= 0.6 is 0 Å². The molecule has 0 bridgehead atoms. The molecule has 0 spiro atoms. The van der Waals surface area contributed by atoms with Crippen LogP contribution in [0.1, 0.15) is 29.8 Å². The summed E-state index contributed by atoms with van der Waals surface area (Å²) in [4.78, 5) is 14.8. The molecule has 26 heavy (non-hydrogen) atoms. The van der Waals surface area contributed by atoms with Gasteiger partial charge < -0.3 is 4.90 Å². The van der Waals surface area contributed by atoms with Crippen molar-refractivity contribution in [1.29, 1.82) is 0 Å². The van der Waals surface area contributed by atoms with Gasteiger partial charge in [-0.2, -0.15) is 0 Å². The summed E-state index contributed by atoms with van der Waals surface area (Å²) in [5.74, 6) is -0.121. The molecule has 0 fully saturated rings. The van der Waals surface area contributed by atoms with Crippen LogP contribution < -0.4 is 4.31 Å². The highest BCUT2D eigenvalue weighted by Gasteiger charge is 2.19. The highest BCUT2D eigenvalue weighted by Crippen LogP contribution is 2.21. The van der Waals surface area contributed by atoms with Gasteiger partial charge >= 0.3 is 0 Å². The molecule has 0 heterocycles. The molecular weight excluding hydrogens is 348 g/mol. The molecule has 0 saturated heterocycles. The van der Waals surface area contributed by atoms with Crippen LogP contribution in [0.2, 0.25) is 0 Å². The van der Waals surface area contributed by atoms with Gasteiger partial charge in [-0.05, 0) is 25.2 Å². The summed E-state index contributed by atoms with van der Waals surface area (Å²) < 4.78 is 26.0. The second-order valence-electron chi connectivity index (χ2n) is 6.11. The van der Waals surface area contributed by atoms with Gasteiger partial charge in [0.15, 0.2) is 5.78 Å². The summed E-state index contributed by atoms with van der Waals surface area (Å²) in [7, 11) is -3.44. The Hall–Kier alpha value is -2.18. The number of benzene rings is 2. The predicted molar refractivity (Wildman–Crippen MR) is 106 cm³/mol. The van der Waals surface area contributed by atoms with Crippen LogP contribution in [0.15, 0.2) is 54.6 Å². The van der Waals surface area contributed by atoms with Gasteiger partial charge in [0.2, 0.25) is 10.0 Å². The van der Waals surface area contributed by atoms with Crippen molar-refractivity contribution >= 4 is 21.5 Å². The summed E-state index contributed by atoms with van der Waals surface area (Å²) in [6, 6.07) is 15.8. The van der Waals surface area contributed by atoms with Crippen LogP contribution in [0.25, 0.3) is 0 Å². The third-order valence-electron chi connectivity index (χ3n) is 4.35. The van der Waals surface area contributed by atoms with Crippen LogP contribution in [0, 0.1) is 0 Å². The fourth-order valence-corrected chi connectivity index (χ4v) is 3.73. The zero-order chi connectivity index (χ0) is 19.2. The maximum absolute atomic E-state index is 12.7. The summed E-state index contributed by atoms with van der Waals surface area (Å²) in [5, 5.41) is 0. The SMILES string of the molecule is CCN(CC)CCN(c1cccc(C(=O)c2ccccc2)c1)S(C)(=O)=O. The first-order chi connectivity index (χ1) is 12.4. The Bertz CT molecular complexity index is 831. The number of rotatable bonds is 9. The number of likely N-dealkylation sites (N-methyl/N-ethyl adjacent to an activating group) is 1. The number of nitrogens with zero attached hydrogens (tertiary/aromatic N) is 2. The summed E-state index contributed by atoms with van der Waals surface area (Å²) in [5.41, 5.74) is 1.57.